The second kappa shape index (κ2) is 3.94. The monoisotopic (exact) mass is 260 g/mol. The molecule has 1 fully saturated rings. The maximum absolute atomic E-state index is 12.2. The lowest BCUT2D eigenvalue weighted by Crippen LogP contribution is -2.25. The van der Waals surface area contributed by atoms with Crippen molar-refractivity contribution >= 4 is 11.6 Å². The molecule has 0 radical (unpaired) electrons. The van der Waals surface area contributed by atoms with Crippen LogP contribution in [-0.4, -0.2) is 25.2 Å². The molecule has 0 aliphatic heterocycles. The van der Waals surface area contributed by atoms with Gasteiger partial charge in [-0.2, -0.15) is 5.10 Å². The molecule has 0 bridgehead atoms. The highest BCUT2D eigenvalue weighted by molar-refractivity contribution is 5.95. The van der Waals surface area contributed by atoms with Crippen LogP contribution in [0.4, 0.5) is 5.69 Å². The van der Waals surface area contributed by atoms with Crippen LogP contribution in [0.5, 0.6) is 0 Å². The minimum absolute atomic E-state index is 0.0666. The first-order valence-corrected chi connectivity index (χ1v) is 5.80. The average Bonchev–Trinajstić information content (AvgIpc) is 3.12. The largest absolute Gasteiger partial charge is 0.396 e. The molecule has 2 aromatic heterocycles. The van der Waals surface area contributed by atoms with Gasteiger partial charge in [-0.3, -0.25) is 9.59 Å². The van der Waals surface area contributed by atoms with Crippen LogP contribution in [-0.2, 0) is 0 Å². The summed E-state index contributed by atoms with van der Waals surface area (Å²) in [4.78, 5) is 27.3. The van der Waals surface area contributed by atoms with E-state index in [1.807, 2.05) is 0 Å². The Morgan fingerprint density at radius 2 is 2.16 bits per heavy atom. The van der Waals surface area contributed by atoms with Crippen LogP contribution in [0.25, 0.3) is 5.82 Å². The number of amides is 1. The summed E-state index contributed by atoms with van der Waals surface area (Å²) in [6.45, 7) is 0. The SMILES string of the molecule is NC(=O)c1nn(-c2nccn(C3CC3)c2=O)cc1N. The standard InChI is InChI=1S/C11H12N6O2/c12-7-5-17(15-8(7)9(13)18)10-11(19)16(4-3-14-10)6-1-2-6/h3-6H,1-2,12H2,(H2,13,18). The fourth-order valence-corrected chi connectivity index (χ4v) is 1.90. The van der Waals surface area contributed by atoms with Crippen molar-refractivity contribution in [2.45, 2.75) is 18.9 Å². The maximum atomic E-state index is 12.2. The number of nitrogens with zero attached hydrogens (tertiary/aromatic N) is 4. The van der Waals surface area contributed by atoms with Crippen LogP contribution < -0.4 is 17.0 Å². The third kappa shape index (κ3) is 1.86. The van der Waals surface area contributed by atoms with Crippen molar-refractivity contribution in [3.63, 3.8) is 0 Å². The number of aromatic nitrogens is 4. The third-order valence-electron chi connectivity index (χ3n) is 2.98. The molecule has 2 aromatic rings. The van der Waals surface area contributed by atoms with Crippen molar-refractivity contribution in [2.24, 2.45) is 5.73 Å². The Balaban J connectivity index is 2.12. The molecular formula is C11H12N6O2. The highest BCUT2D eigenvalue weighted by Gasteiger charge is 2.26. The molecule has 0 saturated heterocycles. The molecule has 0 spiro atoms. The molecule has 19 heavy (non-hydrogen) atoms. The second-order valence-electron chi connectivity index (χ2n) is 4.44. The van der Waals surface area contributed by atoms with E-state index in [1.165, 1.54) is 17.1 Å². The fraction of sp³-hybridized carbons (Fsp3) is 0.273. The van der Waals surface area contributed by atoms with Crippen molar-refractivity contribution in [3.8, 4) is 5.82 Å². The van der Waals surface area contributed by atoms with E-state index in [-0.39, 0.29) is 28.8 Å². The molecule has 0 unspecified atom stereocenters. The van der Waals surface area contributed by atoms with Gasteiger partial charge < -0.3 is 16.0 Å². The number of nitrogens with two attached hydrogens (primary N) is 2. The summed E-state index contributed by atoms with van der Waals surface area (Å²) in [5.74, 6) is -0.636. The van der Waals surface area contributed by atoms with Crippen LogP contribution >= 0.6 is 0 Å². The molecule has 2 heterocycles. The van der Waals surface area contributed by atoms with Crippen LogP contribution in [0.15, 0.2) is 23.4 Å². The summed E-state index contributed by atoms with van der Waals surface area (Å²) in [5.41, 5.74) is 10.5. The fourth-order valence-electron chi connectivity index (χ4n) is 1.90. The normalized spacial score (nSPS) is 14.5. The first-order chi connectivity index (χ1) is 9.08. The quantitative estimate of drug-likeness (QED) is 0.766. The van der Waals surface area contributed by atoms with Gasteiger partial charge in [0.1, 0.15) is 0 Å². The highest BCUT2D eigenvalue weighted by atomic mass is 16.1. The number of anilines is 1. The average molecular weight is 260 g/mol. The molecule has 8 nitrogen and oxygen atoms in total. The topological polar surface area (TPSA) is 122 Å². The maximum Gasteiger partial charge on any atom is 0.295 e. The highest BCUT2D eigenvalue weighted by Crippen LogP contribution is 2.33. The Morgan fingerprint density at radius 1 is 1.42 bits per heavy atom. The molecule has 1 aliphatic rings. The van der Waals surface area contributed by atoms with Gasteiger partial charge >= 0.3 is 0 Å². The van der Waals surface area contributed by atoms with Gasteiger partial charge in [-0.25, -0.2) is 9.67 Å². The van der Waals surface area contributed by atoms with Crippen LogP contribution in [0.3, 0.4) is 0 Å². The lowest BCUT2D eigenvalue weighted by Gasteiger charge is -2.05. The van der Waals surface area contributed by atoms with E-state index >= 15 is 0 Å². The summed E-state index contributed by atoms with van der Waals surface area (Å²) < 4.78 is 2.81. The van der Waals surface area contributed by atoms with Gasteiger partial charge in [0.15, 0.2) is 5.69 Å². The Bertz CT molecular complexity index is 712. The molecule has 3 rings (SSSR count). The second-order valence-corrected chi connectivity index (χ2v) is 4.44. The van der Waals surface area contributed by atoms with E-state index in [4.69, 9.17) is 11.5 Å². The van der Waals surface area contributed by atoms with Crippen LogP contribution in [0.2, 0.25) is 0 Å². The van der Waals surface area contributed by atoms with E-state index in [1.54, 1.807) is 10.8 Å². The molecule has 98 valence electrons. The van der Waals surface area contributed by atoms with Gasteiger partial charge in [0.25, 0.3) is 11.5 Å². The van der Waals surface area contributed by atoms with Crippen molar-refractivity contribution in [3.05, 3.63) is 34.6 Å². The molecule has 1 saturated carbocycles. The van der Waals surface area contributed by atoms with Gasteiger partial charge in [-0.05, 0) is 12.8 Å². The summed E-state index contributed by atoms with van der Waals surface area (Å²) in [6.07, 6.45) is 6.50. The molecule has 8 heteroatoms. The van der Waals surface area contributed by atoms with E-state index in [9.17, 15) is 9.59 Å². The van der Waals surface area contributed by atoms with Crippen LogP contribution in [0.1, 0.15) is 29.4 Å². The van der Waals surface area contributed by atoms with Gasteiger partial charge in [-0.1, -0.05) is 0 Å². The zero-order chi connectivity index (χ0) is 13.6. The minimum atomic E-state index is -0.741. The van der Waals surface area contributed by atoms with Gasteiger partial charge in [0.2, 0.25) is 5.82 Å². The summed E-state index contributed by atoms with van der Waals surface area (Å²) >= 11 is 0. The third-order valence-corrected chi connectivity index (χ3v) is 2.98. The zero-order valence-corrected chi connectivity index (χ0v) is 9.98. The summed E-state index contributed by atoms with van der Waals surface area (Å²) in [5, 5.41) is 3.90. The Morgan fingerprint density at radius 3 is 2.74 bits per heavy atom. The van der Waals surface area contributed by atoms with Crippen molar-refractivity contribution in [2.75, 3.05) is 5.73 Å². The van der Waals surface area contributed by atoms with Crippen molar-refractivity contribution in [1.82, 2.24) is 19.3 Å². The van der Waals surface area contributed by atoms with Gasteiger partial charge in [-0.15, -0.1) is 0 Å². The molecule has 0 aromatic carbocycles. The molecule has 4 N–H and O–H groups in total. The first kappa shape index (κ1) is 11.5. The Labute approximate surface area is 107 Å². The number of carbonyl (C=O) groups excluding carboxylic acids is 1. The first-order valence-electron chi connectivity index (χ1n) is 5.80. The molecule has 1 amide bonds. The number of nitrogen functional groups attached to an aromatic ring is 1. The minimum Gasteiger partial charge on any atom is -0.396 e. The lowest BCUT2D eigenvalue weighted by atomic mass is 10.4. The summed E-state index contributed by atoms with van der Waals surface area (Å²) in [7, 11) is 0. The number of hydrogen-bond donors (Lipinski definition) is 2. The number of rotatable bonds is 3. The molecular weight excluding hydrogens is 248 g/mol. The van der Waals surface area contributed by atoms with Crippen molar-refractivity contribution < 1.29 is 4.79 Å². The number of hydrogen-bond acceptors (Lipinski definition) is 5. The van der Waals surface area contributed by atoms with E-state index < -0.39 is 5.91 Å². The van der Waals surface area contributed by atoms with E-state index in [2.05, 4.69) is 10.1 Å². The Kier molecular flexibility index (Phi) is 2.37. The predicted molar refractivity (Wildman–Crippen MR) is 66.8 cm³/mol. The van der Waals surface area contributed by atoms with Gasteiger partial charge in [0.05, 0.1) is 11.9 Å². The zero-order valence-electron chi connectivity index (χ0n) is 9.98. The summed E-state index contributed by atoms with van der Waals surface area (Å²) in [6, 6.07) is 0.234. The van der Waals surface area contributed by atoms with E-state index in [0.29, 0.717) is 0 Å². The lowest BCUT2D eigenvalue weighted by molar-refractivity contribution is 0.0996. The van der Waals surface area contributed by atoms with Crippen LogP contribution in [0, 0.1) is 0 Å². The Hall–Kier alpha value is -2.64. The molecule has 1 aliphatic carbocycles. The smallest absolute Gasteiger partial charge is 0.295 e. The molecule has 0 atom stereocenters. The number of primary amides is 1. The predicted octanol–water partition coefficient (Wildman–Crippen LogP) is -0.555. The van der Waals surface area contributed by atoms with Gasteiger partial charge in [0, 0.05) is 18.4 Å². The van der Waals surface area contributed by atoms with Crippen molar-refractivity contribution in [1.29, 1.82) is 0 Å². The van der Waals surface area contributed by atoms with E-state index in [0.717, 1.165) is 12.8 Å². The number of carbonyl (C=O) groups is 1.